The van der Waals surface area contributed by atoms with Crippen molar-refractivity contribution in [3.8, 4) is 0 Å². The van der Waals surface area contributed by atoms with Gasteiger partial charge in [-0.3, -0.25) is 9.69 Å². The minimum atomic E-state index is -1.96. The monoisotopic (exact) mass is 486 g/mol. The number of nitrogens with zero attached hydrogens (tertiary/aromatic N) is 2. The molecule has 0 unspecified atom stereocenters. The van der Waals surface area contributed by atoms with E-state index < -0.39 is 11.6 Å². The van der Waals surface area contributed by atoms with Crippen molar-refractivity contribution >= 4 is 34.0 Å². The Balaban J connectivity index is 1.55. The molecule has 0 fully saturated rings. The Morgan fingerprint density at radius 2 is 1.51 bits per heavy atom. The molecule has 4 aromatic rings. The van der Waals surface area contributed by atoms with Crippen molar-refractivity contribution in [2.24, 2.45) is 0 Å². The molecule has 0 saturated carbocycles. The van der Waals surface area contributed by atoms with Gasteiger partial charge >= 0.3 is 5.97 Å². The zero-order valence-corrected chi connectivity index (χ0v) is 20.4. The predicted molar refractivity (Wildman–Crippen MR) is 136 cm³/mol. The maximum absolute atomic E-state index is 13.2. The fraction of sp³-hybridized carbons (Fsp3) is 0.179. The summed E-state index contributed by atoms with van der Waals surface area (Å²) >= 11 is 1.28. The smallest absolute Gasteiger partial charge is 0.348 e. The number of amides is 1. The maximum atomic E-state index is 13.2. The van der Waals surface area contributed by atoms with Crippen LogP contribution in [0.15, 0.2) is 90.3 Å². The number of anilines is 2. The van der Waals surface area contributed by atoms with Crippen molar-refractivity contribution in [2.45, 2.75) is 32.5 Å². The van der Waals surface area contributed by atoms with Crippen LogP contribution in [0.2, 0.25) is 0 Å². The quantitative estimate of drug-likeness (QED) is 0.339. The molecule has 3 aromatic carbocycles. The van der Waals surface area contributed by atoms with Crippen LogP contribution in [0.3, 0.4) is 0 Å². The van der Waals surface area contributed by atoms with Crippen molar-refractivity contribution in [3.05, 3.63) is 113 Å². The molecule has 0 bridgehead atoms. The van der Waals surface area contributed by atoms with Crippen molar-refractivity contribution in [1.29, 1.82) is 0 Å². The topological polar surface area (TPSA) is 79.7 Å². The number of hydrogen-bond acceptors (Lipinski definition) is 6. The number of benzene rings is 3. The van der Waals surface area contributed by atoms with Crippen molar-refractivity contribution in [3.63, 3.8) is 0 Å². The second-order valence-corrected chi connectivity index (χ2v) is 8.85. The molecular formula is C28H26N2O4S. The van der Waals surface area contributed by atoms with E-state index in [4.69, 9.17) is 4.74 Å². The summed E-state index contributed by atoms with van der Waals surface area (Å²) in [5.74, 6) is -0.974. The van der Waals surface area contributed by atoms with E-state index in [9.17, 15) is 14.7 Å². The Morgan fingerprint density at radius 3 is 2.03 bits per heavy atom. The Hall–Kier alpha value is -3.81. The van der Waals surface area contributed by atoms with Gasteiger partial charge in [-0.2, -0.15) is 0 Å². The molecule has 4 rings (SSSR count). The van der Waals surface area contributed by atoms with Gasteiger partial charge in [-0.25, -0.2) is 9.78 Å². The minimum absolute atomic E-state index is 0.141. The van der Waals surface area contributed by atoms with E-state index in [2.05, 4.69) is 11.9 Å². The molecule has 1 heterocycles. The minimum Gasteiger partial charge on any atom is -0.456 e. The Kier molecular flexibility index (Phi) is 7.39. The van der Waals surface area contributed by atoms with Gasteiger partial charge in [0.1, 0.15) is 6.61 Å². The second-order valence-electron chi connectivity index (χ2n) is 8.01. The average molecular weight is 487 g/mol. The molecule has 35 heavy (non-hydrogen) atoms. The first-order valence-corrected chi connectivity index (χ1v) is 12.2. The van der Waals surface area contributed by atoms with E-state index in [0.717, 1.165) is 12.1 Å². The highest BCUT2D eigenvalue weighted by molar-refractivity contribution is 7.14. The lowest BCUT2D eigenvalue weighted by Gasteiger charge is -2.26. The molecule has 0 aliphatic carbocycles. The van der Waals surface area contributed by atoms with Gasteiger partial charge in [-0.15, -0.1) is 11.3 Å². The van der Waals surface area contributed by atoms with Crippen LogP contribution >= 0.6 is 11.3 Å². The number of rotatable bonds is 8. The average Bonchev–Trinajstić information content (AvgIpc) is 3.36. The fourth-order valence-electron chi connectivity index (χ4n) is 3.78. The third kappa shape index (κ3) is 5.16. The molecule has 0 aliphatic rings. The first kappa shape index (κ1) is 24.3. The molecule has 0 aliphatic heterocycles. The summed E-state index contributed by atoms with van der Waals surface area (Å²) in [4.78, 5) is 31.6. The van der Waals surface area contributed by atoms with Crippen molar-refractivity contribution in [1.82, 2.24) is 4.98 Å². The lowest BCUT2D eigenvalue weighted by atomic mass is 9.86. The molecule has 1 N–H and O–H groups in total. The zero-order valence-electron chi connectivity index (χ0n) is 19.5. The van der Waals surface area contributed by atoms with Gasteiger partial charge in [-0.05, 0) is 35.2 Å². The van der Waals surface area contributed by atoms with Crippen molar-refractivity contribution < 1.29 is 19.4 Å². The highest BCUT2D eigenvalue weighted by Gasteiger charge is 2.41. The number of aromatic nitrogens is 1. The van der Waals surface area contributed by atoms with E-state index in [1.165, 1.54) is 28.7 Å². The highest BCUT2D eigenvalue weighted by Crippen LogP contribution is 2.32. The van der Waals surface area contributed by atoms with Crippen molar-refractivity contribution in [2.75, 3.05) is 4.90 Å². The summed E-state index contributed by atoms with van der Waals surface area (Å²) in [7, 11) is 0. The normalized spacial score (nSPS) is 11.2. The number of aryl methyl sites for hydroxylation is 1. The standard InChI is InChI=1S/C28H26N2O4S/c1-3-21-14-16-25(17-15-21)30(20(2)31)27-29-24(19-35-27)18-34-26(32)28(33,22-10-6-4-7-11-22)23-12-8-5-9-13-23/h4-17,19,33H,3,18H2,1-2H3. The summed E-state index contributed by atoms with van der Waals surface area (Å²) in [5, 5.41) is 13.7. The number of esters is 1. The van der Waals surface area contributed by atoms with Gasteiger partial charge < -0.3 is 9.84 Å². The number of aliphatic hydroxyl groups is 1. The third-order valence-electron chi connectivity index (χ3n) is 5.68. The number of hydrogen-bond donors (Lipinski definition) is 1. The molecule has 1 amide bonds. The van der Waals surface area contributed by atoms with Crippen LogP contribution in [0.25, 0.3) is 0 Å². The van der Waals surface area contributed by atoms with Crippen LogP contribution in [0.1, 0.15) is 36.2 Å². The number of thiazole rings is 1. The Morgan fingerprint density at radius 1 is 0.943 bits per heavy atom. The molecule has 7 heteroatoms. The lowest BCUT2D eigenvalue weighted by molar-refractivity contribution is -0.163. The molecule has 1 aromatic heterocycles. The van der Waals surface area contributed by atoms with Crippen LogP contribution < -0.4 is 4.90 Å². The van der Waals surface area contributed by atoms with Gasteiger partial charge in [0.05, 0.1) is 11.4 Å². The fourth-order valence-corrected chi connectivity index (χ4v) is 4.65. The van der Waals surface area contributed by atoms with Gasteiger partial charge in [0.25, 0.3) is 0 Å². The molecule has 0 atom stereocenters. The first-order valence-electron chi connectivity index (χ1n) is 11.3. The van der Waals surface area contributed by atoms with Gasteiger partial charge in [0.15, 0.2) is 5.13 Å². The summed E-state index contributed by atoms with van der Waals surface area (Å²) in [6.45, 7) is 3.41. The molecule has 0 radical (unpaired) electrons. The molecule has 0 saturated heterocycles. The lowest BCUT2D eigenvalue weighted by Crippen LogP contribution is -2.38. The third-order valence-corrected chi connectivity index (χ3v) is 6.55. The Labute approximate surface area is 208 Å². The van der Waals surface area contributed by atoms with Crippen LogP contribution in [0, 0.1) is 0 Å². The summed E-state index contributed by atoms with van der Waals surface area (Å²) < 4.78 is 5.54. The highest BCUT2D eigenvalue weighted by atomic mass is 32.1. The van der Waals surface area contributed by atoms with Crippen LogP contribution in [0.4, 0.5) is 10.8 Å². The van der Waals surface area contributed by atoms with Crippen LogP contribution in [-0.2, 0) is 33.0 Å². The van der Waals surface area contributed by atoms with E-state index >= 15 is 0 Å². The number of ether oxygens (including phenoxy) is 1. The van der Waals surface area contributed by atoms with E-state index in [0.29, 0.717) is 22.0 Å². The summed E-state index contributed by atoms with van der Waals surface area (Å²) in [6, 6.07) is 25.1. The SMILES string of the molecule is CCc1ccc(N(C(C)=O)c2nc(COC(=O)C(O)(c3ccccc3)c3ccccc3)cs2)cc1. The van der Waals surface area contributed by atoms with Gasteiger partial charge in [0, 0.05) is 12.3 Å². The maximum Gasteiger partial charge on any atom is 0.348 e. The van der Waals surface area contributed by atoms with E-state index in [-0.39, 0.29) is 12.5 Å². The first-order chi connectivity index (χ1) is 16.9. The molecule has 0 spiro atoms. The molecule has 178 valence electrons. The number of carbonyl (C=O) groups is 2. The van der Waals surface area contributed by atoms with Gasteiger partial charge in [-0.1, -0.05) is 79.7 Å². The largest absolute Gasteiger partial charge is 0.456 e. The summed E-state index contributed by atoms with van der Waals surface area (Å²) in [5.41, 5.74) is 1.23. The predicted octanol–water partition coefficient (Wildman–Crippen LogP) is 5.37. The van der Waals surface area contributed by atoms with E-state index in [1.807, 2.05) is 36.4 Å². The molecular weight excluding hydrogens is 460 g/mol. The second kappa shape index (κ2) is 10.6. The van der Waals surface area contributed by atoms with Gasteiger partial charge in [0.2, 0.25) is 11.5 Å². The summed E-state index contributed by atoms with van der Waals surface area (Å²) in [6.07, 6.45) is 0.908. The van der Waals surface area contributed by atoms with E-state index in [1.54, 1.807) is 53.9 Å². The molecule has 6 nitrogen and oxygen atoms in total. The number of carbonyl (C=O) groups excluding carboxylic acids is 2. The zero-order chi connectivity index (χ0) is 24.8. The Bertz CT molecular complexity index is 1250. The van der Waals surface area contributed by atoms with Crippen LogP contribution in [0.5, 0.6) is 0 Å². The van der Waals surface area contributed by atoms with Crippen LogP contribution in [-0.4, -0.2) is 22.0 Å².